The first-order valence-corrected chi connectivity index (χ1v) is 5.13. The van der Waals surface area contributed by atoms with Crippen LogP contribution in [0.5, 0.6) is 5.75 Å². The maximum Gasteiger partial charge on any atom is 0.126 e. The molecule has 2 aliphatic rings. The Morgan fingerprint density at radius 1 is 1.29 bits per heavy atom. The quantitative estimate of drug-likeness (QED) is 0.605. The second kappa shape index (κ2) is 2.41. The lowest BCUT2D eigenvalue weighted by molar-refractivity contribution is 0.177. The summed E-state index contributed by atoms with van der Waals surface area (Å²) in [5.74, 6) is 1.64. The summed E-state index contributed by atoms with van der Waals surface area (Å²) in [6, 6.07) is 8.32. The maximum absolute atomic E-state index is 5.75. The molecule has 1 aliphatic heterocycles. The lowest BCUT2D eigenvalue weighted by Crippen LogP contribution is -2.39. The summed E-state index contributed by atoms with van der Waals surface area (Å²) in [6.07, 6.45) is 2.37. The summed E-state index contributed by atoms with van der Waals surface area (Å²) in [5.41, 5.74) is 3.10. The Morgan fingerprint density at radius 3 is 2.86 bits per heavy atom. The Hall–Kier alpha value is -1.24. The van der Waals surface area contributed by atoms with Crippen LogP contribution in [0.15, 0.2) is 30.3 Å². The van der Waals surface area contributed by atoms with Gasteiger partial charge in [0.25, 0.3) is 0 Å². The molecule has 1 nitrogen and oxygen atoms in total. The normalized spacial score (nSPS) is 26.4. The van der Waals surface area contributed by atoms with Crippen LogP contribution in [0.25, 0.3) is 5.57 Å². The van der Waals surface area contributed by atoms with E-state index >= 15 is 0 Å². The van der Waals surface area contributed by atoms with Gasteiger partial charge in [0.2, 0.25) is 0 Å². The fraction of sp³-hybridized carbons (Fsp3) is 0.385. The molecule has 0 spiro atoms. The molecule has 0 amide bonds. The Kier molecular flexibility index (Phi) is 1.40. The van der Waals surface area contributed by atoms with Crippen LogP contribution in [0.2, 0.25) is 0 Å². The Balaban J connectivity index is 2.13. The van der Waals surface area contributed by atoms with E-state index in [9.17, 15) is 0 Å². The molecule has 1 aromatic carbocycles. The topological polar surface area (TPSA) is 9.23 Å². The van der Waals surface area contributed by atoms with Gasteiger partial charge in [-0.05, 0) is 17.1 Å². The fourth-order valence-electron chi connectivity index (χ4n) is 2.48. The number of rotatable bonds is 0. The van der Waals surface area contributed by atoms with Crippen LogP contribution in [0.3, 0.4) is 0 Å². The fourth-order valence-corrected chi connectivity index (χ4v) is 2.48. The molecule has 3 rings (SSSR count). The molecule has 1 aromatic rings. The third-order valence-electron chi connectivity index (χ3n) is 3.40. The molecule has 0 fully saturated rings. The summed E-state index contributed by atoms with van der Waals surface area (Å²) in [4.78, 5) is 0. The second-order valence-electron chi connectivity index (χ2n) is 4.78. The number of allylic oxidation sites excluding steroid dienone is 1. The molecule has 1 atom stereocenters. The van der Waals surface area contributed by atoms with Gasteiger partial charge >= 0.3 is 0 Å². The van der Waals surface area contributed by atoms with Crippen LogP contribution < -0.4 is 4.74 Å². The average Bonchev–Trinajstić information content (AvgIpc) is 2.16. The van der Waals surface area contributed by atoms with Crippen molar-refractivity contribution in [2.45, 2.75) is 13.8 Å². The molecular weight excluding hydrogens is 172 g/mol. The predicted octanol–water partition coefficient (Wildman–Crippen LogP) is 3.12. The minimum atomic E-state index is 0.322. The van der Waals surface area contributed by atoms with Crippen molar-refractivity contribution < 1.29 is 4.74 Å². The minimum Gasteiger partial charge on any atom is -0.492 e. The van der Waals surface area contributed by atoms with Gasteiger partial charge in [-0.1, -0.05) is 38.1 Å². The molecule has 1 aliphatic carbocycles. The lowest BCUT2D eigenvalue weighted by Gasteiger charge is -2.46. The van der Waals surface area contributed by atoms with Gasteiger partial charge in [0.05, 0.1) is 6.61 Å². The molecule has 0 N–H and O–H groups in total. The highest BCUT2D eigenvalue weighted by atomic mass is 16.5. The van der Waals surface area contributed by atoms with Crippen molar-refractivity contribution in [3.8, 4) is 5.75 Å². The first-order chi connectivity index (χ1) is 6.68. The third kappa shape index (κ3) is 0.899. The summed E-state index contributed by atoms with van der Waals surface area (Å²) in [7, 11) is 0. The van der Waals surface area contributed by atoms with E-state index < -0.39 is 0 Å². The van der Waals surface area contributed by atoms with Crippen LogP contribution in [0.4, 0.5) is 0 Å². The SMILES string of the molecule is CC1(C)C=C2c3ccccc3OC[C@@H]21. The summed E-state index contributed by atoms with van der Waals surface area (Å²) in [5, 5.41) is 0. The van der Waals surface area contributed by atoms with Gasteiger partial charge in [-0.25, -0.2) is 0 Å². The molecule has 0 bridgehead atoms. The molecule has 1 heteroatoms. The summed E-state index contributed by atoms with van der Waals surface area (Å²) >= 11 is 0. The largest absolute Gasteiger partial charge is 0.492 e. The molecule has 14 heavy (non-hydrogen) atoms. The van der Waals surface area contributed by atoms with Crippen molar-refractivity contribution in [1.82, 2.24) is 0 Å². The maximum atomic E-state index is 5.75. The summed E-state index contributed by atoms with van der Waals surface area (Å²) < 4.78 is 5.75. The zero-order valence-electron chi connectivity index (χ0n) is 8.58. The van der Waals surface area contributed by atoms with Crippen LogP contribution in [0.1, 0.15) is 19.4 Å². The molecule has 0 saturated heterocycles. The van der Waals surface area contributed by atoms with E-state index in [1.807, 2.05) is 6.07 Å². The second-order valence-corrected chi connectivity index (χ2v) is 4.78. The number of hydrogen-bond donors (Lipinski definition) is 0. The monoisotopic (exact) mass is 186 g/mol. The van der Waals surface area contributed by atoms with Crippen LogP contribution in [-0.4, -0.2) is 6.61 Å². The van der Waals surface area contributed by atoms with Crippen molar-refractivity contribution in [1.29, 1.82) is 0 Å². The van der Waals surface area contributed by atoms with Crippen LogP contribution in [-0.2, 0) is 0 Å². The molecule has 0 unspecified atom stereocenters. The van der Waals surface area contributed by atoms with Gasteiger partial charge in [0.1, 0.15) is 5.75 Å². The van der Waals surface area contributed by atoms with E-state index in [0.717, 1.165) is 12.4 Å². The van der Waals surface area contributed by atoms with Crippen molar-refractivity contribution in [3.05, 3.63) is 35.9 Å². The number of ether oxygens (including phenoxy) is 1. The van der Waals surface area contributed by atoms with Crippen molar-refractivity contribution >= 4 is 5.57 Å². The van der Waals surface area contributed by atoms with Crippen LogP contribution in [0, 0.1) is 11.3 Å². The smallest absolute Gasteiger partial charge is 0.126 e. The minimum absolute atomic E-state index is 0.322. The van der Waals surface area contributed by atoms with E-state index in [-0.39, 0.29) is 0 Å². The van der Waals surface area contributed by atoms with Gasteiger partial charge in [0.15, 0.2) is 0 Å². The molecular formula is C13H14O. The van der Waals surface area contributed by atoms with Crippen molar-refractivity contribution in [3.63, 3.8) is 0 Å². The number of benzene rings is 1. The first-order valence-electron chi connectivity index (χ1n) is 5.13. The Morgan fingerprint density at radius 2 is 2.07 bits per heavy atom. The average molecular weight is 186 g/mol. The zero-order valence-corrected chi connectivity index (χ0v) is 8.58. The molecule has 72 valence electrons. The van der Waals surface area contributed by atoms with E-state index in [0.29, 0.717) is 11.3 Å². The number of hydrogen-bond acceptors (Lipinski definition) is 1. The third-order valence-corrected chi connectivity index (χ3v) is 3.40. The number of para-hydroxylation sites is 1. The number of fused-ring (bicyclic) bond motifs is 3. The highest BCUT2D eigenvalue weighted by Crippen LogP contribution is 2.53. The summed E-state index contributed by atoms with van der Waals surface area (Å²) in [6.45, 7) is 5.40. The zero-order chi connectivity index (χ0) is 9.76. The van der Waals surface area contributed by atoms with E-state index in [4.69, 9.17) is 4.74 Å². The first kappa shape index (κ1) is 8.10. The predicted molar refractivity (Wildman–Crippen MR) is 57.2 cm³/mol. The molecule has 0 aromatic heterocycles. The Labute approximate surface area is 84.4 Å². The molecule has 1 heterocycles. The highest BCUT2D eigenvalue weighted by Gasteiger charge is 2.43. The van der Waals surface area contributed by atoms with Gasteiger partial charge in [-0.2, -0.15) is 0 Å². The van der Waals surface area contributed by atoms with Gasteiger partial charge in [-0.15, -0.1) is 0 Å². The van der Waals surface area contributed by atoms with Crippen molar-refractivity contribution in [2.75, 3.05) is 6.61 Å². The van der Waals surface area contributed by atoms with Crippen LogP contribution >= 0.6 is 0 Å². The van der Waals surface area contributed by atoms with Gasteiger partial charge < -0.3 is 4.74 Å². The van der Waals surface area contributed by atoms with Crippen molar-refractivity contribution in [2.24, 2.45) is 11.3 Å². The standard InChI is InChI=1S/C13H14O/c1-13(2)7-10-9-5-3-4-6-12(9)14-8-11(10)13/h3-7,11H,8H2,1-2H3/t11-/m0/s1. The highest BCUT2D eigenvalue weighted by molar-refractivity contribution is 5.79. The van der Waals surface area contributed by atoms with Gasteiger partial charge in [0, 0.05) is 11.5 Å². The molecule has 0 radical (unpaired) electrons. The Bertz CT molecular complexity index is 415. The van der Waals surface area contributed by atoms with E-state index in [1.54, 1.807) is 0 Å². The lowest BCUT2D eigenvalue weighted by atomic mass is 9.62. The van der Waals surface area contributed by atoms with Gasteiger partial charge in [-0.3, -0.25) is 0 Å². The van der Waals surface area contributed by atoms with E-state index in [1.165, 1.54) is 11.1 Å². The molecule has 0 saturated carbocycles. The van der Waals surface area contributed by atoms with E-state index in [2.05, 4.69) is 38.1 Å².